The number of benzene rings is 1. The summed E-state index contributed by atoms with van der Waals surface area (Å²) in [5.41, 5.74) is -1.07. The molecule has 0 amide bonds. The largest absolute Gasteiger partial charge is 0.469 e. The highest BCUT2D eigenvalue weighted by molar-refractivity contribution is 5.72. The Balaban J connectivity index is 2.84. The predicted octanol–water partition coefficient (Wildman–Crippen LogP) is 3.42. The van der Waals surface area contributed by atoms with Crippen LogP contribution in [0.15, 0.2) is 24.3 Å². The molecule has 0 saturated heterocycles. The fourth-order valence-corrected chi connectivity index (χ4v) is 1.20. The summed E-state index contributed by atoms with van der Waals surface area (Å²) in [5, 5.41) is 0. The molecule has 2 nitrogen and oxygen atoms in total. The molecular formula is C12H10F4O2. The van der Waals surface area contributed by atoms with Crippen molar-refractivity contribution in [3.8, 4) is 0 Å². The monoisotopic (exact) mass is 262 g/mol. The second-order valence-corrected chi connectivity index (χ2v) is 3.42. The lowest BCUT2D eigenvalue weighted by atomic mass is 10.1. The smallest absolute Gasteiger partial charge is 0.416 e. The van der Waals surface area contributed by atoms with Crippen molar-refractivity contribution >= 4 is 12.0 Å². The van der Waals surface area contributed by atoms with Crippen molar-refractivity contribution in [3.63, 3.8) is 0 Å². The zero-order valence-corrected chi connectivity index (χ0v) is 9.42. The molecule has 0 aliphatic rings. The average Bonchev–Trinajstić information content (AvgIpc) is 2.29. The van der Waals surface area contributed by atoms with Crippen LogP contribution in [0.1, 0.15) is 17.5 Å². The molecule has 18 heavy (non-hydrogen) atoms. The fourth-order valence-electron chi connectivity index (χ4n) is 1.20. The number of alkyl halides is 3. The van der Waals surface area contributed by atoms with Crippen molar-refractivity contribution in [2.75, 3.05) is 7.11 Å². The van der Waals surface area contributed by atoms with Gasteiger partial charge in [0.2, 0.25) is 0 Å². The molecule has 0 spiro atoms. The molecule has 98 valence electrons. The van der Waals surface area contributed by atoms with Crippen LogP contribution < -0.4 is 0 Å². The van der Waals surface area contributed by atoms with Crippen molar-refractivity contribution in [1.29, 1.82) is 0 Å². The van der Waals surface area contributed by atoms with Crippen molar-refractivity contribution in [1.82, 2.24) is 0 Å². The van der Waals surface area contributed by atoms with E-state index in [9.17, 15) is 22.4 Å². The van der Waals surface area contributed by atoms with Crippen LogP contribution in [0.25, 0.3) is 6.08 Å². The molecular weight excluding hydrogens is 252 g/mol. The number of halogens is 4. The van der Waals surface area contributed by atoms with E-state index in [1.807, 2.05) is 0 Å². The second kappa shape index (κ2) is 5.66. The summed E-state index contributed by atoms with van der Waals surface area (Å²) in [6.07, 6.45) is -2.10. The molecule has 0 aliphatic heterocycles. The van der Waals surface area contributed by atoms with Gasteiger partial charge < -0.3 is 4.74 Å². The van der Waals surface area contributed by atoms with E-state index in [0.29, 0.717) is 6.07 Å². The molecule has 0 radical (unpaired) electrons. The highest BCUT2D eigenvalue weighted by Crippen LogP contribution is 2.30. The molecule has 0 fully saturated rings. The van der Waals surface area contributed by atoms with Crippen LogP contribution >= 0.6 is 0 Å². The molecule has 0 unspecified atom stereocenters. The van der Waals surface area contributed by atoms with E-state index >= 15 is 0 Å². The Morgan fingerprint density at radius 2 is 2.06 bits per heavy atom. The molecule has 1 rings (SSSR count). The van der Waals surface area contributed by atoms with Gasteiger partial charge in [0, 0.05) is 5.56 Å². The van der Waals surface area contributed by atoms with Gasteiger partial charge >= 0.3 is 12.1 Å². The zero-order chi connectivity index (χ0) is 13.8. The van der Waals surface area contributed by atoms with Crippen LogP contribution in [0.3, 0.4) is 0 Å². The number of hydrogen-bond donors (Lipinski definition) is 0. The van der Waals surface area contributed by atoms with E-state index in [0.717, 1.165) is 12.1 Å². The third kappa shape index (κ3) is 3.87. The van der Waals surface area contributed by atoms with Gasteiger partial charge in [-0.3, -0.25) is 4.79 Å². The molecule has 1 aromatic carbocycles. The number of carbonyl (C=O) groups is 1. The summed E-state index contributed by atoms with van der Waals surface area (Å²) in [6, 6.07) is 2.20. The van der Waals surface area contributed by atoms with Gasteiger partial charge in [0.25, 0.3) is 0 Å². The Morgan fingerprint density at radius 3 is 2.56 bits per heavy atom. The number of esters is 1. The highest BCUT2D eigenvalue weighted by atomic mass is 19.4. The number of carbonyl (C=O) groups excluding carboxylic acids is 1. The van der Waals surface area contributed by atoms with E-state index in [2.05, 4.69) is 4.74 Å². The Morgan fingerprint density at radius 1 is 1.39 bits per heavy atom. The number of hydrogen-bond acceptors (Lipinski definition) is 2. The second-order valence-electron chi connectivity index (χ2n) is 3.42. The van der Waals surface area contributed by atoms with Crippen molar-refractivity contribution < 1.29 is 27.1 Å². The molecule has 6 heteroatoms. The predicted molar refractivity (Wildman–Crippen MR) is 57.1 cm³/mol. The standard InChI is InChI=1S/C12H10F4O2/c1-18-11(17)4-2-3-8-5-6-9(7-10(8)13)12(14,15)16/h2-3,5-7H,4H2,1H3. The van der Waals surface area contributed by atoms with Gasteiger partial charge in [-0.25, -0.2) is 4.39 Å². The van der Waals surface area contributed by atoms with Gasteiger partial charge in [-0.05, 0) is 12.1 Å². The Bertz CT molecular complexity index is 464. The van der Waals surface area contributed by atoms with Crippen molar-refractivity contribution in [2.24, 2.45) is 0 Å². The van der Waals surface area contributed by atoms with Crippen LogP contribution in [0.5, 0.6) is 0 Å². The van der Waals surface area contributed by atoms with E-state index in [1.165, 1.54) is 19.3 Å². The van der Waals surface area contributed by atoms with Gasteiger partial charge in [0.05, 0.1) is 19.1 Å². The summed E-state index contributed by atoms with van der Waals surface area (Å²) in [5.74, 6) is -1.51. The summed E-state index contributed by atoms with van der Waals surface area (Å²) in [4.78, 5) is 10.8. The maximum absolute atomic E-state index is 13.3. The lowest BCUT2D eigenvalue weighted by molar-refractivity contribution is -0.139. The van der Waals surface area contributed by atoms with Crippen LogP contribution in [-0.2, 0) is 15.7 Å². The van der Waals surface area contributed by atoms with Gasteiger partial charge in [0.15, 0.2) is 0 Å². The number of ether oxygens (including phenoxy) is 1. The SMILES string of the molecule is COC(=O)CC=Cc1ccc(C(F)(F)F)cc1F. The molecule has 0 aliphatic carbocycles. The normalized spacial score (nSPS) is 11.8. The third-order valence-electron chi connectivity index (χ3n) is 2.14. The molecule has 0 atom stereocenters. The van der Waals surface area contributed by atoms with Gasteiger partial charge in [0.1, 0.15) is 5.82 Å². The molecule has 1 aromatic rings. The Kier molecular flexibility index (Phi) is 4.47. The minimum absolute atomic E-state index is 0.0214. The summed E-state index contributed by atoms with van der Waals surface area (Å²) < 4.78 is 54.4. The third-order valence-corrected chi connectivity index (χ3v) is 2.14. The molecule has 0 aromatic heterocycles. The van der Waals surface area contributed by atoms with Crippen LogP contribution in [0.4, 0.5) is 17.6 Å². The van der Waals surface area contributed by atoms with Crippen LogP contribution in [0, 0.1) is 5.82 Å². The van der Waals surface area contributed by atoms with Crippen molar-refractivity contribution in [2.45, 2.75) is 12.6 Å². The summed E-state index contributed by atoms with van der Waals surface area (Å²) >= 11 is 0. The highest BCUT2D eigenvalue weighted by Gasteiger charge is 2.30. The number of rotatable bonds is 3. The first-order valence-corrected chi connectivity index (χ1v) is 4.94. The quantitative estimate of drug-likeness (QED) is 0.616. The van der Waals surface area contributed by atoms with E-state index in [4.69, 9.17) is 0 Å². The lowest BCUT2D eigenvalue weighted by Gasteiger charge is -2.07. The first kappa shape index (κ1) is 14.2. The number of methoxy groups -OCH3 is 1. The van der Waals surface area contributed by atoms with Gasteiger partial charge in [-0.15, -0.1) is 0 Å². The first-order chi connectivity index (χ1) is 8.34. The summed E-state index contributed by atoms with van der Waals surface area (Å²) in [6.45, 7) is 0. The van der Waals surface area contributed by atoms with E-state index in [1.54, 1.807) is 0 Å². The molecule has 0 N–H and O–H groups in total. The maximum atomic E-state index is 13.3. The Hall–Kier alpha value is -1.85. The van der Waals surface area contributed by atoms with Gasteiger partial charge in [-0.1, -0.05) is 18.2 Å². The lowest BCUT2D eigenvalue weighted by Crippen LogP contribution is -2.05. The molecule has 0 heterocycles. The van der Waals surface area contributed by atoms with Crippen LogP contribution in [0.2, 0.25) is 0 Å². The minimum atomic E-state index is -4.57. The maximum Gasteiger partial charge on any atom is 0.416 e. The summed E-state index contributed by atoms with van der Waals surface area (Å²) in [7, 11) is 1.20. The van der Waals surface area contributed by atoms with Crippen LogP contribution in [-0.4, -0.2) is 13.1 Å². The first-order valence-electron chi connectivity index (χ1n) is 4.94. The topological polar surface area (TPSA) is 26.3 Å². The molecule has 0 saturated carbocycles. The van der Waals surface area contributed by atoms with Gasteiger partial charge in [-0.2, -0.15) is 13.2 Å². The van der Waals surface area contributed by atoms with E-state index in [-0.39, 0.29) is 12.0 Å². The average molecular weight is 262 g/mol. The van der Waals surface area contributed by atoms with Crippen molar-refractivity contribution in [3.05, 3.63) is 41.2 Å². The molecule has 0 bridgehead atoms. The Labute approximate surface area is 101 Å². The zero-order valence-electron chi connectivity index (χ0n) is 9.42. The minimum Gasteiger partial charge on any atom is -0.469 e. The fraction of sp³-hybridized carbons (Fsp3) is 0.250. The van der Waals surface area contributed by atoms with E-state index < -0.39 is 23.5 Å².